The molecule has 0 radical (unpaired) electrons. The molecule has 0 amide bonds. The van der Waals surface area contributed by atoms with E-state index in [1.807, 2.05) is 0 Å². The maximum atomic E-state index is 6.38. The molecule has 3 heteroatoms. The summed E-state index contributed by atoms with van der Waals surface area (Å²) in [7, 11) is -2.26. The van der Waals surface area contributed by atoms with Crippen LogP contribution in [0.1, 0.15) is 48.5 Å². The number of hydrogen-bond donors (Lipinski definition) is 0. The molecule has 0 aromatic carbocycles. The van der Waals surface area contributed by atoms with Gasteiger partial charge < -0.3 is 8.85 Å². The summed E-state index contributed by atoms with van der Waals surface area (Å²) in [6, 6.07) is 0. The molecular formula is C14H28O2Si. The van der Waals surface area contributed by atoms with Crippen LogP contribution in [-0.4, -0.2) is 21.8 Å². The second-order valence-electron chi connectivity index (χ2n) is 7.14. The third kappa shape index (κ3) is 3.01. The van der Waals surface area contributed by atoms with Crippen molar-refractivity contribution in [1.82, 2.24) is 0 Å². The van der Waals surface area contributed by atoms with Crippen LogP contribution in [0.4, 0.5) is 0 Å². The minimum atomic E-state index is -2.26. The van der Waals surface area contributed by atoms with Gasteiger partial charge in [-0.05, 0) is 5.92 Å². The summed E-state index contributed by atoms with van der Waals surface area (Å²) in [5.41, 5.74) is 0. The highest BCUT2D eigenvalue weighted by Gasteiger charge is 2.58. The van der Waals surface area contributed by atoms with Crippen LogP contribution in [0, 0.1) is 5.92 Å². The maximum Gasteiger partial charge on any atom is 0.349 e. The van der Waals surface area contributed by atoms with Gasteiger partial charge in [-0.25, -0.2) is 0 Å². The predicted molar refractivity (Wildman–Crippen MR) is 75.4 cm³/mol. The summed E-state index contributed by atoms with van der Waals surface area (Å²) in [4.78, 5) is 0. The third-order valence-corrected chi connectivity index (χ3v) is 8.47. The molecule has 1 heterocycles. The molecule has 1 aliphatic heterocycles. The van der Waals surface area contributed by atoms with Gasteiger partial charge in [0.2, 0.25) is 0 Å². The van der Waals surface area contributed by atoms with Gasteiger partial charge in [-0.3, -0.25) is 0 Å². The zero-order valence-corrected chi connectivity index (χ0v) is 13.5. The summed E-state index contributed by atoms with van der Waals surface area (Å²) < 4.78 is 12.7. The fourth-order valence-electron chi connectivity index (χ4n) is 2.79. The highest BCUT2D eigenvalue weighted by molar-refractivity contribution is 6.73. The Morgan fingerprint density at radius 2 is 1.53 bits per heavy atom. The van der Waals surface area contributed by atoms with Crippen molar-refractivity contribution in [2.45, 2.75) is 58.5 Å². The van der Waals surface area contributed by atoms with Gasteiger partial charge in [0, 0.05) is 16.7 Å². The van der Waals surface area contributed by atoms with Crippen LogP contribution in [0.2, 0.25) is 10.1 Å². The molecule has 1 unspecified atom stereocenters. The van der Waals surface area contributed by atoms with Crippen LogP contribution in [0.3, 0.4) is 0 Å². The van der Waals surface area contributed by atoms with Gasteiger partial charge in [0.1, 0.15) is 0 Å². The Labute approximate surface area is 108 Å². The van der Waals surface area contributed by atoms with Crippen molar-refractivity contribution in [2.75, 3.05) is 13.2 Å². The Bertz CT molecular complexity index is 270. The van der Waals surface area contributed by atoms with E-state index >= 15 is 0 Å². The van der Waals surface area contributed by atoms with Gasteiger partial charge in [-0.1, -0.05) is 60.6 Å². The van der Waals surface area contributed by atoms with Crippen LogP contribution in [0.25, 0.3) is 0 Å². The summed E-state index contributed by atoms with van der Waals surface area (Å²) in [5, 5.41) is 0.159. The molecule has 0 saturated carbocycles. The van der Waals surface area contributed by atoms with Crippen molar-refractivity contribution < 1.29 is 8.85 Å². The average molecular weight is 256 g/mol. The molecule has 2 nitrogen and oxygen atoms in total. The van der Waals surface area contributed by atoms with Crippen molar-refractivity contribution in [2.24, 2.45) is 5.92 Å². The quantitative estimate of drug-likeness (QED) is 0.476. The van der Waals surface area contributed by atoms with Gasteiger partial charge in [0.25, 0.3) is 0 Å². The topological polar surface area (TPSA) is 18.5 Å². The third-order valence-electron chi connectivity index (χ3n) is 3.37. The highest BCUT2D eigenvalue weighted by Crippen LogP contribution is 2.52. The van der Waals surface area contributed by atoms with Crippen molar-refractivity contribution in [3.63, 3.8) is 0 Å². The highest BCUT2D eigenvalue weighted by atomic mass is 28.4. The predicted octanol–water partition coefficient (Wildman–Crippen LogP) is 4.27. The van der Waals surface area contributed by atoms with Crippen LogP contribution in [0.5, 0.6) is 0 Å². The van der Waals surface area contributed by atoms with Gasteiger partial charge in [-0.2, -0.15) is 0 Å². The molecule has 100 valence electrons. The normalized spacial score (nSPS) is 28.3. The van der Waals surface area contributed by atoms with E-state index in [0.717, 1.165) is 6.61 Å². The van der Waals surface area contributed by atoms with E-state index in [-0.39, 0.29) is 10.1 Å². The van der Waals surface area contributed by atoms with Crippen LogP contribution < -0.4 is 0 Å². The van der Waals surface area contributed by atoms with E-state index < -0.39 is 8.56 Å². The average Bonchev–Trinajstić information content (AvgIpc) is 2.07. The summed E-state index contributed by atoms with van der Waals surface area (Å²) >= 11 is 0. The molecule has 0 N–H and O–H groups in total. The molecule has 1 atom stereocenters. The molecule has 1 rings (SSSR count). The van der Waals surface area contributed by atoms with E-state index in [1.165, 1.54) is 0 Å². The summed E-state index contributed by atoms with van der Waals surface area (Å²) in [6.07, 6.45) is 4.33. The molecular weight excluding hydrogens is 228 g/mol. The SMILES string of the molecule is CC1/C=C\CO[Si](C(C)(C)C)(C(C)(C)C)OC1. The lowest BCUT2D eigenvalue weighted by Crippen LogP contribution is -2.58. The van der Waals surface area contributed by atoms with E-state index in [2.05, 4.69) is 60.6 Å². The Kier molecular flexibility index (Phi) is 4.27. The molecule has 0 aromatic heterocycles. The summed E-state index contributed by atoms with van der Waals surface area (Å²) in [6.45, 7) is 17.2. The zero-order chi connectivity index (χ0) is 13.3. The van der Waals surface area contributed by atoms with Gasteiger partial charge in [0.15, 0.2) is 0 Å². The fraction of sp³-hybridized carbons (Fsp3) is 0.857. The minimum absolute atomic E-state index is 0.0795. The van der Waals surface area contributed by atoms with E-state index in [9.17, 15) is 0 Å². The lowest BCUT2D eigenvalue weighted by atomic mass is 10.2. The largest absolute Gasteiger partial charge is 0.393 e. The Hall–Kier alpha value is -0.123. The van der Waals surface area contributed by atoms with E-state index in [1.54, 1.807) is 0 Å². The van der Waals surface area contributed by atoms with Gasteiger partial charge in [-0.15, -0.1) is 0 Å². The Morgan fingerprint density at radius 1 is 1.00 bits per heavy atom. The smallest absolute Gasteiger partial charge is 0.349 e. The Morgan fingerprint density at radius 3 is 2.00 bits per heavy atom. The molecule has 0 spiro atoms. The van der Waals surface area contributed by atoms with Crippen molar-refractivity contribution in [3.05, 3.63) is 12.2 Å². The number of hydrogen-bond acceptors (Lipinski definition) is 2. The van der Waals surface area contributed by atoms with Crippen LogP contribution in [-0.2, 0) is 8.85 Å². The minimum Gasteiger partial charge on any atom is -0.393 e. The first kappa shape index (κ1) is 14.9. The first-order valence-electron chi connectivity index (χ1n) is 6.55. The van der Waals surface area contributed by atoms with Gasteiger partial charge in [0.05, 0.1) is 6.61 Å². The molecule has 0 bridgehead atoms. The van der Waals surface area contributed by atoms with Crippen LogP contribution in [0.15, 0.2) is 12.2 Å². The Balaban J connectivity index is 3.11. The number of rotatable bonds is 0. The monoisotopic (exact) mass is 256 g/mol. The first-order valence-corrected chi connectivity index (χ1v) is 8.36. The van der Waals surface area contributed by atoms with E-state index in [4.69, 9.17) is 8.85 Å². The molecule has 17 heavy (non-hydrogen) atoms. The second-order valence-corrected chi connectivity index (χ2v) is 12.0. The molecule has 1 aliphatic rings. The molecule has 0 aliphatic carbocycles. The molecule has 0 saturated heterocycles. The summed E-state index contributed by atoms with van der Waals surface area (Å²) in [5.74, 6) is 0.482. The lowest BCUT2D eigenvalue weighted by Gasteiger charge is -2.49. The maximum absolute atomic E-state index is 6.38. The fourth-order valence-corrected chi connectivity index (χ4v) is 7.68. The van der Waals surface area contributed by atoms with Crippen molar-refractivity contribution >= 4 is 8.56 Å². The van der Waals surface area contributed by atoms with Crippen molar-refractivity contribution in [3.8, 4) is 0 Å². The molecule has 0 aromatic rings. The van der Waals surface area contributed by atoms with Crippen LogP contribution >= 0.6 is 0 Å². The zero-order valence-electron chi connectivity index (χ0n) is 12.5. The molecule has 0 fully saturated rings. The van der Waals surface area contributed by atoms with E-state index in [0.29, 0.717) is 12.5 Å². The lowest BCUT2D eigenvalue weighted by molar-refractivity contribution is 0.122. The first-order chi connectivity index (χ1) is 7.60. The van der Waals surface area contributed by atoms with Gasteiger partial charge >= 0.3 is 8.56 Å². The standard InChI is InChI=1S/C14H28O2Si/c1-12-9-8-10-15-17(16-11-12,13(2,3)4)14(5,6)7/h8-9,12H,10-11H2,1-7H3/b9-8-. The van der Waals surface area contributed by atoms with Crippen molar-refractivity contribution in [1.29, 1.82) is 0 Å². The second kappa shape index (κ2) is 4.86.